The van der Waals surface area contributed by atoms with Gasteiger partial charge in [-0.2, -0.15) is 0 Å². The van der Waals surface area contributed by atoms with Crippen molar-refractivity contribution in [3.05, 3.63) is 124 Å². The fourth-order valence-electron chi connectivity index (χ4n) is 5.76. The first-order valence-corrected chi connectivity index (χ1v) is 11.9. The summed E-state index contributed by atoms with van der Waals surface area (Å²) in [5.41, 5.74) is 3.69. The van der Waals surface area contributed by atoms with E-state index in [0.29, 0.717) is 16.3 Å². The minimum Gasteiger partial charge on any atom is -0.455 e. The first kappa shape index (κ1) is 19.4. The van der Waals surface area contributed by atoms with Crippen LogP contribution in [0.5, 0.6) is 0 Å². The lowest BCUT2D eigenvalue weighted by molar-refractivity contribution is 0.670. The van der Waals surface area contributed by atoms with Crippen molar-refractivity contribution < 1.29 is 4.42 Å². The highest BCUT2D eigenvalue weighted by molar-refractivity contribution is 6.20. The van der Waals surface area contributed by atoms with Gasteiger partial charge in [-0.3, -0.25) is 9.59 Å². The average Bonchev–Trinajstić information content (AvgIpc) is 3.31. The van der Waals surface area contributed by atoms with Crippen LogP contribution >= 0.6 is 0 Å². The third-order valence-corrected chi connectivity index (χ3v) is 7.35. The summed E-state index contributed by atoms with van der Waals surface area (Å²) in [5.74, 6) is 0. The molecule has 3 heterocycles. The Morgan fingerprint density at radius 2 is 1.03 bits per heavy atom. The zero-order chi connectivity index (χ0) is 24.0. The topological polar surface area (TPSA) is 51.7 Å². The van der Waals surface area contributed by atoms with E-state index >= 15 is 0 Å². The van der Waals surface area contributed by atoms with Crippen LogP contribution in [0, 0.1) is 0 Å². The van der Waals surface area contributed by atoms with E-state index in [4.69, 9.17) is 4.42 Å². The van der Waals surface area contributed by atoms with E-state index in [2.05, 4.69) is 30.3 Å². The summed E-state index contributed by atoms with van der Waals surface area (Å²) in [6.07, 6.45) is 0. The Morgan fingerprint density at radius 3 is 1.67 bits per heavy atom. The molecule has 0 spiro atoms. The van der Waals surface area contributed by atoms with Crippen molar-refractivity contribution >= 4 is 59.8 Å². The quantitative estimate of drug-likeness (QED) is 0.192. The predicted octanol–water partition coefficient (Wildman–Crippen LogP) is 7.12. The molecule has 8 rings (SSSR count). The molecule has 0 bridgehead atoms. The van der Waals surface area contributed by atoms with Crippen molar-refractivity contribution in [2.45, 2.75) is 0 Å². The lowest BCUT2D eigenvalue weighted by Crippen LogP contribution is -2.27. The number of hydrogen-bond donors (Lipinski definition) is 0. The summed E-state index contributed by atoms with van der Waals surface area (Å²) in [4.78, 5) is 27.1. The number of fused-ring (bicyclic) bond motifs is 7. The zero-order valence-corrected chi connectivity index (χ0v) is 19.0. The van der Waals surface area contributed by atoms with Gasteiger partial charge in [-0.1, -0.05) is 72.8 Å². The molecule has 0 saturated carbocycles. The van der Waals surface area contributed by atoms with Crippen molar-refractivity contribution in [3.63, 3.8) is 0 Å². The Balaban J connectivity index is 1.64. The van der Waals surface area contributed by atoms with E-state index in [1.807, 2.05) is 60.7 Å². The lowest BCUT2D eigenvalue weighted by atomic mass is 9.94. The molecule has 8 aromatic rings. The van der Waals surface area contributed by atoms with Crippen molar-refractivity contribution in [1.29, 1.82) is 0 Å². The molecule has 0 fully saturated rings. The molecule has 168 valence electrons. The van der Waals surface area contributed by atoms with Gasteiger partial charge < -0.3 is 4.42 Å². The van der Waals surface area contributed by atoms with Crippen molar-refractivity contribution in [3.8, 4) is 11.1 Å². The Hall–Kier alpha value is -4.96. The van der Waals surface area contributed by atoms with Crippen LogP contribution in [0.1, 0.15) is 0 Å². The molecule has 0 aliphatic rings. The van der Waals surface area contributed by atoms with E-state index in [1.54, 1.807) is 12.1 Å². The van der Waals surface area contributed by atoms with Crippen molar-refractivity contribution in [1.82, 2.24) is 4.40 Å². The zero-order valence-electron chi connectivity index (χ0n) is 19.0. The van der Waals surface area contributed by atoms with Crippen LogP contribution < -0.4 is 11.1 Å². The third-order valence-electron chi connectivity index (χ3n) is 7.35. The molecule has 0 saturated heterocycles. The highest BCUT2D eigenvalue weighted by Crippen LogP contribution is 2.39. The number of rotatable bonds is 1. The summed E-state index contributed by atoms with van der Waals surface area (Å²) >= 11 is 0. The molecule has 0 radical (unpaired) electrons. The molecule has 36 heavy (non-hydrogen) atoms. The Morgan fingerprint density at radius 1 is 0.500 bits per heavy atom. The van der Waals surface area contributed by atoms with Gasteiger partial charge >= 0.3 is 0 Å². The van der Waals surface area contributed by atoms with Crippen LogP contribution in [0.2, 0.25) is 0 Å². The van der Waals surface area contributed by atoms with Crippen LogP contribution in [0.25, 0.3) is 70.9 Å². The molecule has 0 atom stereocenters. The first-order chi connectivity index (χ1) is 17.7. The number of nitrogens with zero attached hydrogens (tertiary/aromatic N) is 1. The van der Waals surface area contributed by atoms with Gasteiger partial charge in [0.05, 0.1) is 5.52 Å². The monoisotopic (exact) mass is 463 g/mol. The van der Waals surface area contributed by atoms with Crippen LogP contribution in [0.15, 0.2) is 117 Å². The molecule has 3 aromatic heterocycles. The summed E-state index contributed by atoms with van der Waals surface area (Å²) in [6.45, 7) is 0. The van der Waals surface area contributed by atoms with E-state index < -0.39 is 0 Å². The summed E-state index contributed by atoms with van der Waals surface area (Å²) in [6, 6.07) is 33.4. The van der Waals surface area contributed by atoms with Gasteiger partial charge in [0.25, 0.3) is 11.1 Å². The maximum Gasteiger partial charge on any atom is 0.266 e. The van der Waals surface area contributed by atoms with E-state index in [0.717, 1.165) is 54.6 Å². The van der Waals surface area contributed by atoms with Crippen LogP contribution in [0.3, 0.4) is 0 Å². The van der Waals surface area contributed by atoms with Crippen LogP contribution in [0.4, 0.5) is 0 Å². The number of benzene rings is 5. The van der Waals surface area contributed by atoms with Gasteiger partial charge in [-0.05, 0) is 46.7 Å². The molecular weight excluding hydrogens is 446 g/mol. The van der Waals surface area contributed by atoms with Crippen LogP contribution in [-0.4, -0.2) is 4.40 Å². The fourth-order valence-corrected chi connectivity index (χ4v) is 5.76. The second kappa shape index (κ2) is 6.80. The summed E-state index contributed by atoms with van der Waals surface area (Å²) in [5, 5.41) is 6.60. The van der Waals surface area contributed by atoms with Gasteiger partial charge in [-0.25, -0.2) is 4.40 Å². The van der Waals surface area contributed by atoms with E-state index in [9.17, 15) is 9.59 Å². The standard InChI is InChI=1S/C32H17NO3/c34-31-24-11-3-1-8-20(24)26-16-18(17-27-21-9-2-4-12-25(21)32(35)33(31)29(26)27)19-13-7-14-23-22-10-5-6-15-28(22)36-30(19)23/h1-17H. The molecule has 4 heteroatoms. The molecule has 0 amide bonds. The Bertz CT molecular complexity index is 2200. The minimum absolute atomic E-state index is 0.286. The molecule has 0 aliphatic carbocycles. The first-order valence-electron chi connectivity index (χ1n) is 11.9. The van der Waals surface area contributed by atoms with Crippen LogP contribution in [-0.2, 0) is 0 Å². The molecule has 0 unspecified atom stereocenters. The van der Waals surface area contributed by atoms with Gasteiger partial charge in [0.2, 0.25) is 0 Å². The number of aromatic nitrogens is 1. The highest BCUT2D eigenvalue weighted by Gasteiger charge is 2.19. The second-order valence-corrected chi connectivity index (χ2v) is 9.24. The number of furan rings is 1. The fraction of sp³-hybridized carbons (Fsp3) is 0. The van der Waals surface area contributed by atoms with Crippen molar-refractivity contribution in [2.24, 2.45) is 0 Å². The van der Waals surface area contributed by atoms with Gasteiger partial charge in [0.1, 0.15) is 11.2 Å². The number of pyridine rings is 2. The SMILES string of the molecule is O=c1c2ccccc2c2cc(-c3cccc4c3oc3ccccc34)cc3c4ccccc4c(=O)n1c23. The number of para-hydroxylation sites is 2. The number of hydrogen-bond acceptors (Lipinski definition) is 3. The lowest BCUT2D eigenvalue weighted by Gasteiger charge is -2.15. The molecule has 0 aliphatic heterocycles. The largest absolute Gasteiger partial charge is 0.455 e. The molecule has 0 N–H and O–H groups in total. The molecular formula is C32H17NO3. The van der Waals surface area contributed by atoms with Gasteiger partial charge in [-0.15, -0.1) is 0 Å². The normalized spacial score (nSPS) is 12.1. The van der Waals surface area contributed by atoms with Crippen molar-refractivity contribution in [2.75, 3.05) is 0 Å². The van der Waals surface area contributed by atoms with Gasteiger partial charge in [0, 0.05) is 37.9 Å². The smallest absolute Gasteiger partial charge is 0.266 e. The summed E-state index contributed by atoms with van der Waals surface area (Å²) < 4.78 is 7.69. The maximum atomic E-state index is 13.5. The highest BCUT2D eigenvalue weighted by atomic mass is 16.3. The average molecular weight is 463 g/mol. The molecule has 5 aromatic carbocycles. The van der Waals surface area contributed by atoms with E-state index in [-0.39, 0.29) is 11.1 Å². The predicted molar refractivity (Wildman–Crippen MR) is 146 cm³/mol. The minimum atomic E-state index is -0.286. The van der Waals surface area contributed by atoms with E-state index in [1.165, 1.54) is 4.40 Å². The summed E-state index contributed by atoms with van der Waals surface area (Å²) in [7, 11) is 0. The Labute approximate surface area is 203 Å². The molecule has 4 nitrogen and oxygen atoms in total. The third kappa shape index (κ3) is 2.38. The Kier molecular flexibility index (Phi) is 3.66. The van der Waals surface area contributed by atoms with Gasteiger partial charge in [0.15, 0.2) is 0 Å². The second-order valence-electron chi connectivity index (χ2n) is 9.24. The maximum absolute atomic E-state index is 13.5.